The zero-order valence-electron chi connectivity index (χ0n) is 16.6. The minimum absolute atomic E-state index is 0.343. The first-order valence-electron chi connectivity index (χ1n) is 9.12. The number of aromatic nitrogens is 5. The van der Waals surface area contributed by atoms with Crippen LogP contribution >= 0.6 is 0 Å². The molecule has 1 saturated heterocycles. The summed E-state index contributed by atoms with van der Waals surface area (Å²) in [5, 5.41) is 15.4. The lowest BCUT2D eigenvalue weighted by atomic mass is 9.97. The highest BCUT2D eigenvalue weighted by Crippen LogP contribution is 2.23. The number of carboxylic acids is 1. The summed E-state index contributed by atoms with van der Waals surface area (Å²) in [6.45, 7) is 5.29. The van der Waals surface area contributed by atoms with Gasteiger partial charge in [0.2, 0.25) is 5.95 Å². The average Bonchev–Trinajstić information content (AvgIpc) is 3.08. The Hall–Kier alpha value is -2.96. The molecule has 13 heteroatoms. The fourth-order valence-corrected chi connectivity index (χ4v) is 2.99. The number of rotatable bonds is 5. The third-order valence-electron chi connectivity index (χ3n) is 4.36. The second-order valence-corrected chi connectivity index (χ2v) is 6.82. The predicted molar refractivity (Wildman–Crippen MR) is 101 cm³/mol. The summed E-state index contributed by atoms with van der Waals surface area (Å²) < 4.78 is 38.7. The van der Waals surface area contributed by atoms with Gasteiger partial charge in [-0.05, 0) is 25.7 Å². The number of carbonyl (C=O) groups is 1. The van der Waals surface area contributed by atoms with Gasteiger partial charge in [0.25, 0.3) is 0 Å². The summed E-state index contributed by atoms with van der Waals surface area (Å²) in [6, 6.07) is 1.99. The molecule has 2 aromatic rings. The van der Waals surface area contributed by atoms with Crippen LogP contribution in [0.15, 0.2) is 12.3 Å². The predicted octanol–water partition coefficient (Wildman–Crippen LogP) is 1.66. The number of aryl methyl sites for hydroxylation is 1. The number of alkyl halides is 3. The van der Waals surface area contributed by atoms with Crippen molar-refractivity contribution in [3.05, 3.63) is 23.7 Å². The van der Waals surface area contributed by atoms with E-state index in [2.05, 4.69) is 25.2 Å². The Morgan fingerprint density at radius 2 is 1.97 bits per heavy atom. The summed E-state index contributed by atoms with van der Waals surface area (Å²) in [5.41, 5.74) is 7.52. The molecule has 0 unspecified atom stereocenters. The highest BCUT2D eigenvalue weighted by Gasteiger charge is 2.38. The molecular weight excluding hydrogens is 407 g/mol. The van der Waals surface area contributed by atoms with E-state index < -0.39 is 12.1 Å². The number of hydrogen-bond donors (Lipinski definition) is 2. The number of anilines is 2. The van der Waals surface area contributed by atoms with Crippen molar-refractivity contribution >= 4 is 17.7 Å². The summed E-state index contributed by atoms with van der Waals surface area (Å²) in [6.07, 6.45) is -0.921. The largest absolute Gasteiger partial charge is 0.490 e. The van der Waals surface area contributed by atoms with Gasteiger partial charge in [-0.25, -0.2) is 9.78 Å². The molecule has 30 heavy (non-hydrogen) atoms. The molecule has 0 bridgehead atoms. The van der Waals surface area contributed by atoms with Gasteiger partial charge in [0.15, 0.2) is 0 Å². The molecule has 0 aromatic carbocycles. The van der Waals surface area contributed by atoms with Crippen molar-refractivity contribution < 1.29 is 27.8 Å². The molecule has 3 rings (SSSR count). The van der Waals surface area contributed by atoms with Crippen LogP contribution in [0.1, 0.15) is 24.2 Å². The number of carboxylic acid groups (broad SMARTS) is 1. The van der Waals surface area contributed by atoms with Gasteiger partial charge in [0.05, 0.1) is 12.8 Å². The maximum Gasteiger partial charge on any atom is 0.490 e. The van der Waals surface area contributed by atoms with Gasteiger partial charge in [-0.3, -0.25) is 4.68 Å². The number of aliphatic carboxylic acids is 1. The number of piperidine rings is 1. The molecule has 0 aliphatic carbocycles. The highest BCUT2D eigenvalue weighted by atomic mass is 19.4. The molecule has 0 spiro atoms. The second kappa shape index (κ2) is 10.2. The van der Waals surface area contributed by atoms with E-state index in [4.69, 9.17) is 20.4 Å². The number of halogens is 3. The van der Waals surface area contributed by atoms with E-state index in [1.54, 1.807) is 7.11 Å². The lowest BCUT2D eigenvalue weighted by molar-refractivity contribution is -0.192. The number of nitrogens with zero attached hydrogens (tertiary/aromatic N) is 6. The van der Waals surface area contributed by atoms with Crippen molar-refractivity contribution in [2.24, 2.45) is 5.92 Å². The summed E-state index contributed by atoms with van der Waals surface area (Å²) >= 11 is 0. The van der Waals surface area contributed by atoms with Gasteiger partial charge < -0.3 is 20.5 Å². The van der Waals surface area contributed by atoms with E-state index in [0.717, 1.165) is 49.7 Å². The lowest BCUT2D eigenvalue weighted by Gasteiger charge is -2.32. The third-order valence-corrected chi connectivity index (χ3v) is 4.36. The summed E-state index contributed by atoms with van der Waals surface area (Å²) in [4.78, 5) is 19.6. The maximum absolute atomic E-state index is 10.6. The third kappa shape index (κ3) is 7.13. The van der Waals surface area contributed by atoms with Crippen LogP contribution in [0.5, 0.6) is 0 Å². The van der Waals surface area contributed by atoms with Crippen LogP contribution < -0.4 is 10.6 Å². The first-order valence-corrected chi connectivity index (χ1v) is 9.12. The molecule has 2 aromatic heterocycles. The quantitative estimate of drug-likeness (QED) is 0.725. The van der Waals surface area contributed by atoms with Gasteiger partial charge in [0, 0.05) is 38.5 Å². The first kappa shape index (κ1) is 23.3. The van der Waals surface area contributed by atoms with Crippen LogP contribution in [-0.4, -0.2) is 62.4 Å². The normalized spacial score (nSPS) is 14.9. The molecule has 3 N–H and O–H groups in total. The Morgan fingerprint density at radius 1 is 1.33 bits per heavy atom. The Labute approximate surface area is 170 Å². The van der Waals surface area contributed by atoms with Crippen LogP contribution in [0.3, 0.4) is 0 Å². The summed E-state index contributed by atoms with van der Waals surface area (Å²) in [5.74, 6) is -0.886. The van der Waals surface area contributed by atoms with E-state index >= 15 is 0 Å². The Balaban J connectivity index is 0.000000396. The van der Waals surface area contributed by atoms with Crippen LogP contribution in [0.2, 0.25) is 0 Å². The van der Waals surface area contributed by atoms with Crippen molar-refractivity contribution in [3.8, 4) is 0 Å². The fraction of sp³-hybridized carbons (Fsp3) is 0.588. The van der Waals surface area contributed by atoms with Crippen LogP contribution in [0.4, 0.5) is 24.9 Å². The minimum Gasteiger partial charge on any atom is -0.475 e. The highest BCUT2D eigenvalue weighted by molar-refractivity contribution is 5.73. The molecule has 0 amide bonds. The monoisotopic (exact) mass is 431 g/mol. The number of hydrogen-bond acceptors (Lipinski definition) is 8. The van der Waals surface area contributed by atoms with Gasteiger partial charge >= 0.3 is 12.1 Å². The number of nitrogen functional groups attached to an aromatic ring is 1. The van der Waals surface area contributed by atoms with Crippen LogP contribution in [-0.2, 0) is 22.7 Å². The molecule has 10 nitrogen and oxygen atoms in total. The Morgan fingerprint density at radius 3 is 2.50 bits per heavy atom. The molecule has 3 heterocycles. The van der Waals surface area contributed by atoms with E-state index in [0.29, 0.717) is 18.5 Å². The molecule has 1 aliphatic rings. The Kier molecular flexibility index (Phi) is 7.92. The smallest absolute Gasteiger partial charge is 0.475 e. The van der Waals surface area contributed by atoms with Crippen molar-refractivity contribution in [1.29, 1.82) is 0 Å². The fourth-order valence-electron chi connectivity index (χ4n) is 2.99. The number of nitrogens with two attached hydrogens (primary N) is 1. The molecule has 1 fully saturated rings. The van der Waals surface area contributed by atoms with Crippen molar-refractivity contribution in [2.45, 2.75) is 39.1 Å². The summed E-state index contributed by atoms with van der Waals surface area (Å²) in [7, 11) is 1.66. The topological polar surface area (TPSA) is 132 Å². The van der Waals surface area contributed by atoms with Gasteiger partial charge in [-0.2, -0.15) is 18.2 Å². The Bertz CT molecular complexity index is 816. The molecule has 1 aliphatic heterocycles. The molecule has 0 radical (unpaired) electrons. The second-order valence-electron chi connectivity index (χ2n) is 6.82. The van der Waals surface area contributed by atoms with Crippen molar-refractivity contribution in [3.63, 3.8) is 0 Å². The van der Waals surface area contributed by atoms with Crippen molar-refractivity contribution in [1.82, 2.24) is 25.0 Å². The van der Waals surface area contributed by atoms with Crippen molar-refractivity contribution in [2.75, 3.05) is 30.8 Å². The maximum atomic E-state index is 10.6. The van der Waals surface area contributed by atoms with E-state index in [-0.39, 0.29) is 0 Å². The molecule has 0 saturated carbocycles. The standard InChI is InChI=1S/C15H23N7O.C2HF3O2/c1-11-7-14(18-15(16)17-11)21-5-3-12(4-6-21)8-22-9-13(10-23-2)19-20-22;3-2(4,5)1(6)7/h7,9,12H,3-6,8,10H2,1-2H3,(H2,16,17,18);(H,6,7). The van der Waals surface area contributed by atoms with Gasteiger partial charge in [-0.15, -0.1) is 5.10 Å². The SMILES string of the molecule is COCc1cn(CC2CCN(c3cc(C)nc(N)n3)CC2)nn1.O=C(O)C(F)(F)F. The van der Waals surface area contributed by atoms with E-state index in [1.165, 1.54) is 0 Å². The zero-order chi connectivity index (χ0) is 22.3. The number of methoxy groups -OCH3 is 1. The minimum atomic E-state index is -5.08. The van der Waals surface area contributed by atoms with E-state index in [9.17, 15) is 13.2 Å². The van der Waals surface area contributed by atoms with Gasteiger partial charge in [0.1, 0.15) is 11.5 Å². The average molecular weight is 431 g/mol. The molecular formula is C17H24F3N7O3. The first-order chi connectivity index (χ1) is 14.1. The van der Waals surface area contributed by atoms with Crippen LogP contribution in [0.25, 0.3) is 0 Å². The molecule has 166 valence electrons. The van der Waals surface area contributed by atoms with Gasteiger partial charge in [-0.1, -0.05) is 5.21 Å². The van der Waals surface area contributed by atoms with Crippen LogP contribution in [0, 0.1) is 12.8 Å². The van der Waals surface area contributed by atoms with E-state index in [1.807, 2.05) is 23.9 Å². The lowest BCUT2D eigenvalue weighted by Crippen LogP contribution is -2.35. The molecule has 0 atom stereocenters. The zero-order valence-corrected chi connectivity index (χ0v) is 16.6. The number of ether oxygens (including phenoxy) is 1.